The van der Waals surface area contributed by atoms with Crippen LogP contribution in [0.3, 0.4) is 0 Å². The minimum Gasteiger partial charge on any atom is -0.497 e. The summed E-state index contributed by atoms with van der Waals surface area (Å²) >= 11 is 0. The van der Waals surface area contributed by atoms with E-state index in [-0.39, 0.29) is 0 Å². The molecule has 0 saturated carbocycles. The van der Waals surface area contributed by atoms with Crippen molar-refractivity contribution < 1.29 is 33.0 Å². The number of nitrogens with one attached hydrogen (secondary N) is 1. The lowest BCUT2D eigenvalue weighted by Crippen LogP contribution is -2.28. The van der Waals surface area contributed by atoms with Crippen LogP contribution in [0, 0.1) is 11.6 Å². The average Bonchev–Trinajstić information content (AvgIpc) is 2.78. The summed E-state index contributed by atoms with van der Waals surface area (Å²) in [6.45, 7) is 0.303. The highest BCUT2D eigenvalue weighted by Gasteiger charge is 2.20. The lowest BCUT2D eigenvalue weighted by atomic mass is 10.1. The first-order valence-electron chi connectivity index (χ1n) is 9.43. The molecular weight excluding hydrogens is 420 g/mol. The number of hydrogen-bond acceptors (Lipinski definition) is 4. The van der Waals surface area contributed by atoms with Crippen LogP contribution in [0.15, 0.2) is 72.4 Å². The van der Waals surface area contributed by atoms with Gasteiger partial charge in [0.05, 0.1) is 7.11 Å². The van der Waals surface area contributed by atoms with Crippen LogP contribution in [0.2, 0.25) is 0 Å². The smallest absolute Gasteiger partial charge is 0.352 e. The van der Waals surface area contributed by atoms with E-state index in [1.54, 1.807) is 31.4 Å². The molecule has 8 heteroatoms. The highest BCUT2D eigenvalue weighted by Crippen LogP contribution is 2.18. The molecule has 0 heterocycles. The molecule has 0 fully saturated rings. The summed E-state index contributed by atoms with van der Waals surface area (Å²) in [6.07, 6.45) is 1.17. The van der Waals surface area contributed by atoms with Crippen molar-refractivity contribution in [1.29, 1.82) is 0 Å². The quantitative estimate of drug-likeness (QED) is 0.508. The van der Waals surface area contributed by atoms with E-state index in [1.165, 1.54) is 6.08 Å². The van der Waals surface area contributed by atoms with Gasteiger partial charge in [-0.15, -0.1) is 0 Å². The molecule has 0 aliphatic rings. The zero-order valence-corrected chi connectivity index (χ0v) is 17.0. The number of benzene rings is 3. The summed E-state index contributed by atoms with van der Waals surface area (Å²) in [5.41, 5.74) is -0.0568. The molecule has 2 N–H and O–H groups in total. The minimum atomic E-state index is -1.46. The Hall–Kier alpha value is -4.20. The van der Waals surface area contributed by atoms with E-state index in [4.69, 9.17) is 9.47 Å². The zero-order valence-electron chi connectivity index (χ0n) is 17.0. The Bertz CT molecular complexity index is 1140. The summed E-state index contributed by atoms with van der Waals surface area (Å²) in [4.78, 5) is 23.7. The lowest BCUT2D eigenvalue weighted by molar-refractivity contribution is -0.132. The second kappa shape index (κ2) is 10.2. The summed E-state index contributed by atoms with van der Waals surface area (Å²) in [7, 11) is 1.58. The van der Waals surface area contributed by atoms with E-state index in [9.17, 15) is 23.5 Å². The fourth-order valence-electron chi connectivity index (χ4n) is 2.81. The number of carboxylic acids is 1. The van der Waals surface area contributed by atoms with Gasteiger partial charge in [-0.25, -0.2) is 13.6 Å². The molecule has 0 aliphatic carbocycles. The van der Waals surface area contributed by atoms with Crippen LogP contribution in [-0.4, -0.2) is 24.1 Å². The van der Waals surface area contributed by atoms with Crippen LogP contribution in [0.1, 0.15) is 21.5 Å². The Morgan fingerprint density at radius 2 is 1.62 bits per heavy atom. The predicted molar refractivity (Wildman–Crippen MR) is 113 cm³/mol. The van der Waals surface area contributed by atoms with Crippen LogP contribution < -0.4 is 14.8 Å². The molecule has 3 aromatic rings. The van der Waals surface area contributed by atoms with Crippen molar-refractivity contribution >= 4 is 18.0 Å². The number of carboxylic acid groups (broad SMARTS) is 1. The van der Waals surface area contributed by atoms with E-state index in [1.807, 2.05) is 29.6 Å². The van der Waals surface area contributed by atoms with E-state index >= 15 is 0 Å². The number of ether oxygens (including phenoxy) is 2. The van der Waals surface area contributed by atoms with Crippen molar-refractivity contribution in [2.45, 2.75) is 6.61 Å². The van der Waals surface area contributed by atoms with Crippen molar-refractivity contribution in [3.8, 4) is 11.5 Å². The highest BCUT2D eigenvalue weighted by atomic mass is 19.1. The molecular formula is C24H19F2NO5. The molecule has 164 valence electrons. The Morgan fingerprint density at radius 3 is 2.25 bits per heavy atom. The molecule has 3 rings (SSSR count). The number of carbonyl (C=O) groups is 2. The maximum absolute atomic E-state index is 13.8. The van der Waals surface area contributed by atoms with Crippen LogP contribution in [-0.2, 0) is 11.4 Å². The van der Waals surface area contributed by atoms with Crippen molar-refractivity contribution in [2.75, 3.05) is 7.11 Å². The second-order valence-electron chi connectivity index (χ2n) is 6.62. The number of carbonyl (C=O) groups excluding carboxylic acids is 1. The fourth-order valence-corrected chi connectivity index (χ4v) is 2.81. The van der Waals surface area contributed by atoms with Crippen molar-refractivity contribution in [3.63, 3.8) is 0 Å². The largest absolute Gasteiger partial charge is 0.497 e. The number of rotatable bonds is 8. The summed E-state index contributed by atoms with van der Waals surface area (Å²) in [6, 6.07) is 16.8. The maximum Gasteiger partial charge on any atom is 0.352 e. The van der Waals surface area contributed by atoms with Crippen LogP contribution in [0.4, 0.5) is 8.78 Å². The van der Waals surface area contributed by atoms with Crippen LogP contribution >= 0.6 is 0 Å². The SMILES string of the molecule is COc1cccc(COc2ccc(/C=C(/NC(=O)c3c(F)cccc3F)C(=O)O)cc2)c1. The molecule has 0 saturated heterocycles. The Labute approximate surface area is 182 Å². The lowest BCUT2D eigenvalue weighted by Gasteiger charge is -2.09. The monoisotopic (exact) mass is 439 g/mol. The molecule has 0 aromatic heterocycles. The molecule has 32 heavy (non-hydrogen) atoms. The molecule has 3 aromatic carbocycles. The first kappa shape index (κ1) is 22.5. The number of methoxy groups -OCH3 is 1. The van der Waals surface area contributed by atoms with E-state index in [2.05, 4.69) is 0 Å². The number of aliphatic carboxylic acids is 1. The molecule has 0 bridgehead atoms. The molecule has 0 atom stereocenters. The molecule has 0 spiro atoms. The van der Waals surface area contributed by atoms with E-state index < -0.39 is 34.8 Å². The van der Waals surface area contributed by atoms with Gasteiger partial charge in [-0.3, -0.25) is 4.79 Å². The van der Waals surface area contributed by atoms with E-state index in [0.29, 0.717) is 23.7 Å². The van der Waals surface area contributed by atoms with Gasteiger partial charge in [-0.2, -0.15) is 0 Å². The van der Waals surface area contributed by atoms with Crippen molar-refractivity contribution in [2.24, 2.45) is 0 Å². The highest BCUT2D eigenvalue weighted by molar-refractivity contribution is 6.03. The summed E-state index contributed by atoms with van der Waals surface area (Å²) in [5, 5.41) is 11.4. The van der Waals surface area contributed by atoms with Gasteiger partial charge < -0.3 is 19.9 Å². The minimum absolute atomic E-state index is 0.303. The van der Waals surface area contributed by atoms with Crippen molar-refractivity contribution in [3.05, 3.63) is 101 Å². The first-order chi connectivity index (χ1) is 15.4. The topological polar surface area (TPSA) is 84.9 Å². The fraction of sp³-hybridized carbons (Fsp3) is 0.0833. The standard InChI is InChI=1S/C24H19F2NO5/c1-31-18-5-2-4-16(12-18)14-32-17-10-8-15(9-11-17)13-21(24(29)30)27-23(28)22-19(25)6-3-7-20(22)26/h2-13H,14H2,1H3,(H,27,28)(H,29,30)/b21-13+. The van der Waals surface area contributed by atoms with Gasteiger partial charge in [0.1, 0.15) is 41.0 Å². The third-order valence-electron chi connectivity index (χ3n) is 4.40. The van der Waals surface area contributed by atoms with Gasteiger partial charge in [0.25, 0.3) is 5.91 Å². The summed E-state index contributed by atoms with van der Waals surface area (Å²) in [5.74, 6) is -3.60. The van der Waals surface area contributed by atoms with Gasteiger partial charge in [0.15, 0.2) is 0 Å². The Morgan fingerprint density at radius 1 is 0.969 bits per heavy atom. The predicted octanol–water partition coefficient (Wildman–Crippen LogP) is 4.41. The van der Waals surface area contributed by atoms with E-state index in [0.717, 1.165) is 23.8 Å². The number of hydrogen-bond donors (Lipinski definition) is 2. The van der Waals surface area contributed by atoms with Crippen LogP contribution in [0.25, 0.3) is 6.08 Å². The van der Waals surface area contributed by atoms with Gasteiger partial charge in [-0.1, -0.05) is 30.3 Å². The number of amides is 1. The first-order valence-corrected chi connectivity index (χ1v) is 9.43. The molecule has 0 aliphatic heterocycles. The van der Waals surface area contributed by atoms with Gasteiger partial charge in [-0.05, 0) is 53.6 Å². The molecule has 6 nitrogen and oxygen atoms in total. The van der Waals surface area contributed by atoms with Gasteiger partial charge in [0.2, 0.25) is 0 Å². The second-order valence-corrected chi connectivity index (χ2v) is 6.62. The average molecular weight is 439 g/mol. The van der Waals surface area contributed by atoms with Gasteiger partial charge >= 0.3 is 5.97 Å². The zero-order chi connectivity index (χ0) is 23.1. The third-order valence-corrected chi connectivity index (χ3v) is 4.40. The summed E-state index contributed by atoms with van der Waals surface area (Å²) < 4.78 is 38.4. The van der Waals surface area contributed by atoms with Crippen LogP contribution in [0.5, 0.6) is 11.5 Å². The van der Waals surface area contributed by atoms with Gasteiger partial charge in [0, 0.05) is 0 Å². The molecule has 0 radical (unpaired) electrons. The third kappa shape index (κ3) is 5.69. The maximum atomic E-state index is 13.8. The molecule has 1 amide bonds. The number of halogens is 2. The normalized spacial score (nSPS) is 11.0. The Balaban J connectivity index is 1.70. The molecule has 0 unspecified atom stereocenters. The Kier molecular flexibility index (Phi) is 7.17. The van der Waals surface area contributed by atoms with Crippen molar-refractivity contribution in [1.82, 2.24) is 5.32 Å².